The molecule has 0 fully saturated rings. The maximum atomic E-state index is 11.7. The second-order valence-corrected chi connectivity index (χ2v) is 35.9. The number of nitriles is 1. The van der Waals surface area contributed by atoms with Gasteiger partial charge in [0, 0.05) is 161 Å². The number of non-ortho nitro benzene ring substituents is 1. The highest BCUT2D eigenvalue weighted by Crippen LogP contribution is 2.48. The summed E-state index contributed by atoms with van der Waals surface area (Å²) in [5.41, 5.74) is 19.3. The number of fused-ring (bicyclic) bond motifs is 21. The van der Waals surface area contributed by atoms with Crippen LogP contribution in [0, 0.1) is 21.4 Å². The van der Waals surface area contributed by atoms with E-state index in [4.69, 9.17) is 29.9 Å². The molecule has 18 aromatic carbocycles. The molecule has 0 aliphatic heterocycles. The Bertz CT molecular complexity index is 9250. The second-order valence-electron chi connectivity index (χ2n) is 32.7. The van der Waals surface area contributed by atoms with Gasteiger partial charge in [0.15, 0.2) is 34.9 Å². The first kappa shape index (κ1) is 77.1. The number of nitrogens with zero attached hydrogens (tertiary/aromatic N) is 12. The number of rotatable bonds is 11. The van der Waals surface area contributed by atoms with Crippen LogP contribution in [0.4, 0.5) is 5.69 Å². The third-order valence-corrected chi connectivity index (χ3v) is 28.8. The van der Waals surface area contributed by atoms with Crippen LogP contribution in [0.5, 0.6) is 0 Å². The smallest absolute Gasteiger partial charge is 0.270 e. The molecule has 0 amide bonds. The molecule has 17 heteroatoms. The van der Waals surface area contributed by atoms with Gasteiger partial charge in [0.05, 0.1) is 71.1 Å². The largest absolute Gasteiger partial charge is 0.309 e. The molecule has 0 radical (unpaired) electrons. The molecule has 0 bridgehead atoms. The van der Waals surface area contributed by atoms with Gasteiger partial charge in [-0.25, -0.2) is 29.9 Å². The van der Waals surface area contributed by atoms with Crippen LogP contribution in [0.3, 0.4) is 0 Å². The van der Waals surface area contributed by atoms with Crippen LogP contribution in [0.25, 0.3) is 239 Å². The van der Waals surface area contributed by atoms with Gasteiger partial charge in [-0.2, -0.15) is 5.26 Å². The third kappa shape index (κ3) is 12.9. The van der Waals surface area contributed by atoms with Crippen molar-refractivity contribution < 1.29 is 4.92 Å². The van der Waals surface area contributed by atoms with Gasteiger partial charge in [-0.3, -0.25) is 10.1 Å². The van der Waals surface area contributed by atoms with Crippen LogP contribution in [-0.4, -0.2) is 53.1 Å². The summed E-state index contributed by atoms with van der Waals surface area (Å²) >= 11 is 5.35. The number of thiophene rings is 3. The average molecular weight is 1750 g/mol. The molecule has 0 spiro atoms. The first-order chi connectivity index (χ1) is 65.2. The predicted octanol–water partition coefficient (Wildman–Crippen LogP) is 30.7. The minimum Gasteiger partial charge on any atom is -0.309 e. The van der Waals surface area contributed by atoms with E-state index in [-0.39, 0.29) is 5.69 Å². The fourth-order valence-electron chi connectivity index (χ4n) is 19.3. The van der Waals surface area contributed by atoms with Crippen molar-refractivity contribution in [3.05, 3.63) is 428 Å². The van der Waals surface area contributed by atoms with Gasteiger partial charge in [-0.05, 0) is 121 Å². The van der Waals surface area contributed by atoms with Crippen molar-refractivity contribution >= 4 is 187 Å². The molecule has 9 heterocycles. The average Bonchev–Trinajstić information content (AvgIpc) is 1.57. The second kappa shape index (κ2) is 31.6. The van der Waals surface area contributed by atoms with E-state index >= 15 is 0 Å². The lowest BCUT2D eigenvalue weighted by molar-refractivity contribution is -0.384. The molecule has 0 aliphatic rings. The van der Waals surface area contributed by atoms with Crippen molar-refractivity contribution in [2.24, 2.45) is 0 Å². The summed E-state index contributed by atoms with van der Waals surface area (Å²) in [4.78, 5) is 41.3. The van der Waals surface area contributed by atoms with Crippen molar-refractivity contribution in [1.29, 1.82) is 5.26 Å². The van der Waals surface area contributed by atoms with E-state index in [9.17, 15) is 15.4 Å². The first-order valence-corrected chi connectivity index (χ1v) is 45.9. The van der Waals surface area contributed by atoms with Crippen LogP contribution in [-0.2, 0) is 0 Å². The van der Waals surface area contributed by atoms with Gasteiger partial charge < -0.3 is 18.3 Å². The van der Waals surface area contributed by atoms with Gasteiger partial charge in [0.1, 0.15) is 0 Å². The predicted molar refractivity (Wildman–Crippen MR) is 546 cm³/mol. The van der Waals surface area contributed by atoms with Crippen molar-refractivity contribution in [3.8, 4) is 97.1 Å². The van der Waals surface area contributed by atoms with E-state index in [2.05, 4.69) is 328 Å². The van der Waals surface area contributed by atoms with Crippen LogP contribution in [0.15, 0.2) is 413 Å². The van der Waals surface area contributed by atoms with Gasteiger partial charge in [0.2, 0.25) is 0 Å². The van der Waals surface area contributed by atoms with Crippen molar-refractivity contribution in [2.45, 2.75) is 0 Å². The monoisotopic (exact) mass is 1740 g/mol. The number of benzene rings is 18. The minimum absolute atomic E-state index is 0.0222. The zero-order valence-corrected chi connectivity index (χ0v) is 72.6. The molecule has 14 nitrogen and oxygen atoms in total. The highest BCUT2D eigenvalue weighted by atomic mass is 32.1. The zero-order chi connectivity index (χ0) is 87.6. The fourth-order valence-corrected chi connectivity index (χ4v) is 22.8. The topological polar surface area (TPSA) is 164 Å². The van der Waals surface area contributed by atoms with E-state index < -0.39 is 4.92 Å². The standard InChI is InChI=1S/C40H23N5S.C39H23N5O2S.C36H22N2S/c41-24-25-11-10-14-27(21-25)39-42-38(26-12-2-1-3-13-26)43-40(44-39)33-23-28(22-32-31-17-6-9-20-36(31)46-37(32)33)45-34-18-7-4-15-29(34)30-16-5-8-19-35(30)45;45-44(46)26-14-10-13-25(21-26)38-40-37(24-11-2-1-3-12-24)41-39(42-38)32-23-27(22-31-30-17-6-9-20-35(30)47-36(31)32)43-33-18-7-4-15-28(33)29-16-5-8-19-34(29)43;1-5-15-30-24(10-1)25-11-2-6-16-31(25)37(30)23-20-21-35-29(22-23)28-14-9-19-34(36(28)39-35)38-32-17-7-3-12-26(32)27-13-4-8-18-33(27)38/h1-23H;1-23H;1-22H. The molecule has 0 atom stereocenters. The molecule has 9 aromatic heterocycles. The van der Waals surface area contributed by atoms with E-state index in [1.54, 1.807) is 40.9 Å². The molecular formula is C115H68N12O2S3. The minimum atomic E-state index is -0.403. The molecule has 27 rings (SSSR count). The number of para-hydroxylation sites is 8. The molecule has 0 saturated heterocycles. The van der Waals surface area contributed by atoms with E-state index in [0.29, 0.717) is 46.1 Å². The Labute approximate surface area is 765 Å². The quantitative estimate of drug-likeness (QED) is 0.0905. The maximum Gasteiger partial charge on any atom is 0.270 e. The van der Waals surface area contributed by atoms with Crippen molar-refractivity contribution in [1.82, 2.24) is 48.2 Å². The molecule has 0 saturated carbocycles. The molecule has 0 aliphatic carbocycles. The van der Waals surface area contributed by atoms with Gasteiger partial charge in [-0.15, -0.1) is 34.0 Å². The maximum absolute atomic E-state index is 11.7. The molecule has 132 heavy (non-hydrogen) atoms. The SMILES string of the molecule is N#Cc1cccc(-c2nc(-c3ccccc3)nc(-c3cc(-n4c5ccccc5c5ccccc54)cc4c3sc3ccccc34)n2)c1.O=[N+]([O-])c1cccc(-c2nc(-c3ccccc3)nc(-c3cc(-n4c5ccccc5c5ccccc54)cc4c3sc3ccccc34)n2)c1.c1cc(-n2c3ccccc3c3ccccc32)c2sc3ccc(-n4c5ccccc5c5ccccc54)cc3c2c1. The molecule has 27 aromatic rings. The first-order valence-electron chi connectivity index (χ1n) is 43.4. The highest BCUT2D eigenvalue weighted by Gasteiger charge is 2.26. The summed E-state index contributed by atoms with van der Waals surface area (Å²) in [5.74, 6) is 3.06. The Hall–Kier alpha value is -17.3. The van der Waals surface area contributed by atoms with Crippen LogP contribution in [0.2, 0.25) is 0 Å². The summed E-state index contributed by atoms with van der Waals surface area (Å²) < 4.78 is 16.7. The normalized spacial score (nSPS) is 11.7. The Morgan fingerprint density at radius 2 is 0.553 bits per heavy atom. The summed E-state index contributed by atoms with van der Waals surface area (Å²) in [6, 6.07) is 144. The Morgan fingerprint density at radius 3 is 0.970 bits per heavy atom. The molecule has 0 unspecified atom stereocenters. The number of hydrogen-bond donors (Lipinski definition) is 0. The number of nitro benzene ring substituents is 1. The van der Waals surface area contributed by atoms with Crippen LogP contribution < -0.4 is 0 Å². The van der Waals surface area contributed by atoms with E-state index in [0.717, 1.165) is 86.8 Å². The van der Waals surface area contributed by atoms with Crippen LogP contribution in [0.1, 0.15) is 5.56 Å². The van der Waals surface area contributed by atoms with Gasteiger partial charge >= 0.3 is 0 Å². The summed E-state index contributed by atoms with van der Waals surface area (Å²) in [6.45, 7) is 0. The highest BCUT2D eigenvalue weighted by molar-refractivity contribution is 7.27. The number of hydrogen-bond acceptors (Lipinski definition) is 12. The van der Waals surface area contributed by atoms with E-state index in [1.807, 2.05) is 90.2 Å². The third-order valence-electron chi connectivity index (χ3n) is 25.1. The zero-order valence-electron chi connectivity index (χ0n) is 70.2. The molecule has 618 valence electrons. The van der Waals surface area contributed by atoms with E-state index in [1.165, 1.54) is 124 Å². The fraction of sp³-hybridized carbons (Fsp3) is 0. The molecule has 0 N–H and O–H groups in total. The Balaban J connectivity index is 0.000000107. The lowest BCUT2D eigenvalue weighted by atomic mass is 10.1. The Morgan fingerprint density at radius 1 is 0.242 bits per heavy atom. The summed E-state index contributed by atoms with van der Waals surface area (Å²) in [5, 5.41) is 38.5. The summed E-state index contributed by atoms with van der Waals surface area (Å²) in [6.07, 6.45) is 0. The van der Waals surface area contributed by atoms with Crippen molar-refractivity contribution in [3.63, 3.8) is 0 Å². The lowest BCUT2D eigenvalue weighted by Crippen LogP contribution is -2.02. The van der Waals surface area contributed by atoms with Gasteiger partial charge in [-0.1, -0.05) is 279 Å². The summed E-state index contributed by atoms with van der Waals surface area (Å²) in [7, 11) is 0. The number of nitro groups is 1. The number of aromatic nitrogens is 10. The van der Waals surface area contributed by atoms with Gasteiger partial charge in [0.25, 0.3) is 5.69 Å². The van der Waals surface area contributed by atoms with Crippen molar-refractivity contribution in [2.75, 3.05) is 0 Å². The Kier molecular flexibility index (Phi) is 18.5. The molecular weight excluding hydrogens is 1680 g/mol. The van der Waals surface area contributed by atoms with Crippen LogP contribution >= 0.6 is 34.0 Å². The lowest BCUT2D eigenvalue weighted by Gasteiger charge is -2.13.